The minimum atomic E-state index is 0. The van der Waals surface area contributed by atoms with E-state index in [1.807, 2.05) is 12.4 Å². The summed E-state index contributed by atoms with van der Waals surface area (Å²) < 4.78 is 5.43. The molecule has 1 unspecified atom stereocenters. The van der Waals surface area contributed by atoms with Crippen LogP contribution in [0.5, 0.6) is 0 Å². The smallest absolute Gasteiger partial charge is 0.145 e. The van der Waals surface area contributed by atoms with Crippen molar-refractivity contribution in [3.05, 3.63) is 78.1 Å². The van der Waals surface area contributed by atoms with Gasteiger partial charge in [-0.25, -0.2) is 4.98 Å². The second kappa shape index (κ2) is 11.6. The number of aromatic nitrogens is 2. The van der Waals surface area contributed by atoms with Gasteiger partial charge in [0.25, 0.3) is 0 Å². The van der Waals surface area contributed by atoms with Crippen LogP contribution in [0.2, 0.25) is 0 Å². The van der Waals surface area contributed by atoms with E-state index in [0.29, 0.717) is 0 Å². The Morgan fingerprint density at radius 3 is 2.45 bits per heavy atom. The zero-order valence-corrected chi connectivity index (χ0v) is 17.6. The average Bonchev–Trinajstić information content (AvgIpc) is 2.81. The molecule has 1 N–H and O–H groups in total. The SMILES string of the molecule is C.CCCC(Nc1cncc(-c2ccc(CN3CCOCC3)cc2)n1)c1ccccc1. The number of ether oxygens (including phenoxy) is 1. The first-order valence-electron chi connectivity index (χ1n) is 10.8. The lowest BCUT2D eigenvalue weighted by Crippen LogP contribution is -2.35. The first kappa shape index (κ1) is 22.9. The molecule has 4 rings (SSSR count). The highest BCUT2D eigenvalue weighted by Gasteiger charge is 2.13. The van der Waals surface area contributed by atoms with Crippen molar-refractivity contribution in [1.82, 2.24) is 14.9 Å². The van der Waals surface area contributed by atoms with E-state index in [1.165, 1.54) is 11.1 Å². The number of morpholine rings is 1. The Balaban J connectivity index is 0.00000272. The van der Waals surface area contributed by atoms with Gasteiger partial charge in [-0.3, -0.25) is 9.88 Å². The van der Waals surface area contributed by atoms with E-state index >= 15 is 0 Å². The molecule has 1 aliphatic rings. The molecule has 3 aromatic rings. The fourth-order valence-electron chi connectivity index (χ4n) is 3.85. The highest BCUT2D eigenvalue weighted by molar-refractivity contribution is 5.60. The van der Waals surface area contributed by atoms with Gasteiger partial charge in [0, 0.05) is 25.2 Å². The molecule has 5 nitrogen and oxygen atoms in total. The second-order valence-corrected chi connectivity index (χ2v) is 7.77. The molecule has 5 heteroatoms. The molecule has 1 fully saturated rings. The third-order valence-corrected chi connectivity index (χ3v) is 5.50. The van der Waals surface area contributed by atoms with Crippen molar-refractivity contribution in [1.29, 1.82) is 0 Å². The molecule has 31 heavy (non-hydrogen) atoms. The highest BCUT2D eigenvalue weighted by atomic mass is 16.5. The van der Waals surface area contributed by atoms with Crippen LogP contribution in [-0.2, 0) is 11.3 Å². The van der Waals surface area contributed by atoms with Crippen LogP contribution in [-0.4, -0.2) is 41.2 Å². The molecule has 0 saturated carbocycles. The van der Waals surface area contributed by atoms with E-state index in [4.69, 9.17) is 9.72 Å². The average molecular weight is 419 g/mol. The largest absolute Gasteiger partial charge is 0.379 e. The number of nitrogens with zero attached hydrogens (tertiary/aromatic N) is 3. The van der Waals surface area contributed by atoms with Crippen LogP contribution in [0.4, 0.5) is 5.82 Å². The first-order chi connectivity index (χ1) is 14.8. The first-order valence-corrected chi connectivity index (χ1v) is 10.8. The Morgan fingerprint density at radius 2 is 1.74 bits per heavy atom. The van der Waals surface area contributed by atoms with Gasteiger partial charge in [0.05, 0.1) is 37.3 Å². The van der Waals surface area contributed by atoms with Crippen molar-refractivity contribution in [2.24, 2.45) is 0 Å². The van der Waals surface area contributed by atoms with Gasteiger partial charge in [0.15, 0.2) is 0 Å². The van der Waals surface area contributed by atoms with E-state index in [9.17, 15) is 0 Å². The quantitative estimate of drug-likeness (QED) is 0.519. The van der Waals surface area contributed by atoms with Crippen LogP contribution < -0.4 is 5.32 Å². The van der Waals surface area contributed by atoms with Gasteiger partial charge in [0.1, 0.15) is 5.82 Å². The standard InChI is InChI=1S/C25H30N4O.CH4/c1-2-6-23(21-7-4-3-5-8-21)27-25-18-26-17-24(28-25)22-11-9-20(10-12-22)19-29-13-15-30-16-14-29;/h3-5,7-12,17-18,23H,2,6,13-16,19H2,1H3,(H,27,28);1H4. The summed E-state index contributed by atoms with van der Waals surface area (Å²) in [4.78, 5) is 11.7. The molecule has 1 aromatic heterocycles. The lowest BCUT2D eigenvalue weighted by Gasteiger charge is -2.26. The van der Waals surface area contributed by atoms with Crippen molar-refractivity contribution in [2.75, 3.05) is 31.6 Å². The third kappa shape index (κ3) is 6.36. The molecule has 1 atom stereocenters. The Hall–Kier alpha value is -2.76. The van der Waals surface area contributed by atoms with E-state index in [-0.39, 0.29) is 13.5 Å². The van der Waals surface area contributed by atoms with Gasteiger partial charge < -0.3 is 10.1 Å². The van der Waals surface area contributed by atoms with Crippen LogP contribution in [0.25, 0.3) is 11.3 Å². The molecular weight excluding hydrogens is 384 g/mol. The van der Waals surface area contributed by atoms with Gasteiger partial charge in [-0.2, -0.15) is 0 Å². The molecular formula is C26H34N4O. The minimum Gasteiger partial charge on any atom is -0.379 e. The van der Waals surface area contributed by atoms with Crippen molar-refractivity contribution in [3.63, 3.8) is 0 Å². The van der Waals surface area contributed by atoms with E-state index in [2.05, 4.69) is 76.7 Å². The van der Waals surface area contributed by atoms with Gasteiger partial charge in [0.2, 0.25) is 0 Å². The number of benzene rings is 2. The maximum atomic E-state index is 5.43. The molecule has 1 aliphatic heterocycles. The van der Waals surface area contributed by atoms with E-state index in [0.717, 1.165) is 62.8 Å². The normalized spacial score (nSPS) is 15.1. The van der Waals surface area contributed by atoms with Crippen molar-refractivity contribution in [2.45, 2.75) is 39.8 Å². The summed E-state index contributed by atoms with van der Waals surface area (Å²) in [5.41, 5.74) is 4.57. The molecule has 0 radical (unpaired) electrons. The maximum Gasteiger partial charge on any atom is 0.145 e. The van der Waals surface area contributed by atoms with E-state index < -0.39 is 0 Å². The fraction of sp³-hybridized carbons (Fsp3) is 0.385. The predicted molar refractivity (Wildman–Crippen MR) is 128 cm³/mol. The number of anilines is 1. The van der Waals surface area contributed by atoms with Gasteiger partial charge in [-0.05, 0) is 17.5 Å². The van der Waals surface area contributed by atoms with Crippen molar-refractivity contribution < 1.29 is 4.74 Å². The van der Waals surface area contributed by atoms with Gasteiger partial charge in [-0.15, -0.1) is 0 Å². The molecule has 0 amide bonds. The van der Waals surface area contributed by atoms with Crippen LogP contribution in [0, 0.1) is 0 Å². The lowest BCUT2D eigenvalue weighted by molar-refractivity contribution is 0.0342. The number of nitrogens with one attached hydrogen (secondary N) is 1. The number of hydrogen-bond donors (Lipinski definition) is 1. The molecule has 0 bridgehead atoms. The third-order valence-electron chi connectivity index (χ3n) is 5.50. The molecule has 2 heterocycles. The molecule has 164 valence electrons. The number of rotatable bonds is 8. The van der Waals surface area contributed by atoms with Crippen LogP contribution >= 0.6 is 0 Å². The maximum absolute atomic E-state index is 5.43. The predicted octanol–water partition coefficient (Wildman–Crippen LogP) is 5.57. The van der Waals surface area contributed by atoms with Gasteiger partial charge in [-0.1, -0.05) is 75.4 Å². The summed E-state index contributed by atoms with van der Waals surface area (Å²) in [6.07, 6.45) is 5.79. The van der Waals surface area contributed by atoms with Crippen LogP contribution in [0.3, 0.4) is 0 Å². The summed E-state index contributed by atoms with van der Waals surface area (Å²) in [5, 5.41) is 3.58. The number of hydrogen-bond acceptors (Lipinski definition) is 5. The summed E-state index contributed by atoms with van der Waals surface area (Å²) in [7, 11) is 0. The molecule has 2 aromatic carbocycles. The Labute approximate surface area is 186 Å². The van der Waals surface area contributed by atoms with Crippen molar-refractivity contribution in [3.8, 4) is 11.3 Å². The summed E-state index contributed by atoms with van der Waals surface area (Å²) in [6, 6.07) is 19.4. The fourth-order valence-corrected chi connectivity index (χ4v) is 3.85. The summed E-state index contributed by atoms with van der Waals surface area (Å²) in [6.45, 7) is 6.83. The van der Waals surface area contributed by atoms with Gasteiger partial charge >= 0.3 is 0 Å². The lowest BCUT2D eigenvalue weighted by atomic mass is 10.0. The van der Waals surface area contributed by atoms with Crippen molar-refractivity contribution >= 4 is 5.82 Å². The molecule has 0 spiro atoms. The zero-order chi connectivity index (χ0) is 20.6. The molecule has 0 aliphatic carbocycles. The highest BCUT2D eigenvalue weighted by Crippen LogP contribution is 2.25. The Bertz CT molecular complexity index is 908. The Morgan fingerprint density at radius 1 is 1.00 bits per heavy atom. The minimum absolute atomic E-state index is 0. The topological polar surface area (TPSA) is 50.3 Å². The van der Waals surface area contributed by atoms with Crippen LogP contribution in [0.1, 0.15) is 44.4 Å². The summed E-state index contributed by atoms with van der Waals surface area (Å²) >= 11 is 0. The van der Waals surface area contributed by atoms with Crippen LogP contribution in [0.15, 0.2) is 67.0 Å². The Kier molecular flexibility index (Phi) is 8.56. The molecule has 1 saturated heterocycles. The zero-order valence-electron chi connectivity index (χ0n) is 17.6. The second-order valence-electron chi connectivity index (χ2n) is 7.77. The van der Waals surface area contributed by atoms with E-state index in [1.54, 1.807) is 0 Å². The monoisotopic (exact) mass is 418 g/mol. The summed E-state index contributed by atoms with van der Waals surface area (Å²) in [5.74, 6) is 0.812.